The molecule has 0 amide bonds. The predicted octanol–water partition coefficient (Wildman–Crippen LogP) is 2.51. The van der Waals surface area contributed by atoms with Gasteiger partial charge in [-0.1, -0.05) is 13.8 Å². The van der Waals surface area contributed by atoms with Gasteiger partial charge in [0.15, 0.2) is 0 Å². The Labute approximate surface area is 139 Å². The molecule has 1 aromatic carbocycles. The van der Waals surface area contributed by atoms with E-state index in [1.165, 1.54) is 11.1 Å². The maximum atomic E-state index is 10.6. The second kappa shape index (κ2) is 6.80. The monoisotopic (exact) mass is 319 g/mol. The van der Waals surface area contributed by atoms with Crippen LogP contribution in [0.1, 0.15) is 49.4 Å². The largest absolute Gasteiger partial charge is 0.496 e. The van der Waals surface area contributed by atoms with Gasteiger partial charge in [0.1, 0.15) is 5.75 Å². The van der Waals surface area contributed by atoms with Crippen LogP contribution in [-0.2, 0) is 13.0 Å². The summed E-state index contributed by atoms with van der Waals surface area (Å²) in [6.45, 7) is 6.46. The summed E-state index contributed by atoms with van der Waals surface area (Å²) in [5.74, 6) is 1.77. The van der Waals surface area contributed by atoms with Gasteiger partial charge in [-0.3, -0.25) is 4.90 Å². The lowest BCUT2D eigenvalue weighted by Gasteiger charge is -2.46. The van der Waals surface area contributed by atoms with E-state index in [4.69, 9.17) is 4.74 Å². The van der Waals surface area contributed by atoms with Crippen molar-refractivity contribution in [3.63, 3.8) is 0 Å². The van der Waals surface area contributed by atoms with Crippen LogP contribution in [-0.4, -0.2) is 41.4 Å². The molecule has 1 aromatic rings. The summed E-state index contributed by atoms with van der Waals surface area (Å²) in [5.41, 5.74) is 3.41. The Morgan fingerprint density at radius 3 is 2.78 bits per heavy atom. The van der Waals surface area contributed by atoms with Crippen molar-refractivity contribution in [1.82, 2.24) is 4.90 Å². The molecule has 2 heterocycles. The number of nitrogens with zero attached hydrogens (tertiary/aromatic N) is 1. The molecule has 2 aliphatic heterocycles. The first-order valence-corrected chi connectivity index (χ1v) is 8.76. The molecule has 0 unspecified atom stereocenters. The summed E-state index contributed by atoms with van der Waals surface area (Å²) >= 11 is 0. The van der Waals surface area contributed by atoms with Gasteiger partial charge in [-0.2, -0.15) is 0 Å². The third-order valence-electron chi connectivity index (χ3n) is 5.43. The molecule has 3 rings (SSSR count). The van der Waals surface area contributed by atoms with Crippen molar-refractivity contribution in [1.29, 1.82) is 0 Å². The quantitative estimate of drug-likeness (QED) is 0.895. The highest BCUT2D eigenvalue weighted by atomic mass is 16.5. The van der Waals surface area contributed by atoms with Crippen molar-refractivity contribution in [2.24, 2.45) is 11.8 Å². The minimum absolute atomic E-state index is 0.0122. The van der Waals surface area contributed by atoms with E-state index in [1.807, 2.05) is 0 Å². The van der Waals surface area contributed by atoms with Crippen LogP contribution in [0.5, 0.6) is 5.75 Å². The molecule has 23 heavy (non-hydrogen) atoms. The normalized spacial score (nSPS) is 27.7. The fourth-order valence-electron chi connectivity index (χ4n) is 4.32. The lowest BCUT2D eigenvalue weighted by Crippen LogP contribution is -2.48. The summed E-state index contributed by atoms with van der Waals surface area (Å²) in [6, 6.07) is 4.43. The molecular formula is C19H29NO3. The average Bonchev–Trinajstić information content (AvgIpc) is 2.53. The van der Waals surface area contributed by atoms with Gasteiger partial charge in [0, 0.05) is 24.7 Å². The van der Waals surface area contributed by atoms with E-state index in [-0.39, 0.29) is 18.8 Å². The van der Waals surface area contributed by atoms with Crippen LogP contribution in [0.4, 0.5) is 0 Å². The number of aliphatic hydroxyl groups excluding tert-OH is 2. The molecule has 2 N–H and O–H groups in total. The molecule has 4 nitrogen and oxygen atoms in total. The van der Waals surface area contributed by atoms with Gasteiger partial charge in [0.05, 0.1) is 19.8 Å². The lowest BCUT2D eigenvalue weighted by molar-refractivity contribution is -0.0191. The van der Waals surface area contributed by atoms with Crippen molar-refractivity contribution >= 4 is 0 Å². The molecule has 0 bridgehead atoms. The summed E-state index contributed by atoms with van der Waals surface area (Å²) in [4.78, 5) is 2.52. The van der Waals surface area contributed by atoms with E-state index >= 15 is 0 Å². The lowest BCUT2D eigenvalue weighted by atomic mass is 9.79. The van der Waals surface area contributed by atoms with Crippen molar-refractivity contribution < 1.29 is 14.9 Å². The molecule has 0 aromatic heterocycles. The van der Waals surface area contributed by atoms with Crippen LogP contribution in [0.2, 0.25) is 0 Å². The number of rotatable bonds is 4. The first kappa shape index (κ1) is 16.7. The van der Waals surface area contributed by atoms with E-state index in [0.29, 0.717) is 11.8 Å². The van der Waals surface area contributed by atoms with Crippen molar-refractivity contribution in [2.75, 3.05) is 20.2 Å². The average molecular weight is 319 g/mol. The van der Waals surface area contributed by atoms with Crippen LogP contribution in [0.3, 0.4) is 0 Å². The minimum atomic E-state index is -0.232. The number of fused-ring (bicyclic) bond motifs is 3. The van der Waals surface area contributed by atoms with Crippen LogP contribution < -0.4 is 4.74 Å². The van der Waals surface area contributed by atoms with E-state index < -0.39 is 0 Å². The molecule has 3 atom stereocenters. The Morgan fingerprint density at radius 1 is 1.35 bits per heavy atom. The third kappa shape index (κ3) is 3.25. The number of methoxy groups -OCH3 is 1. The molecule has 128 valence electrons. The van der Waals surface area contributed by atoms with Crippen molar-refractivity contribution in [3.05, 3.63) is 28.8 Å². The fourth-order valence-corrected chi connectivity index (χ4v) is 4.32. The highest BCUT2D eigenvalue weighted by molar-refractivity contribution is 5.45. The standard InChI is InChI=1S/C19H29NO3/c1-12(2)6-14-10-20-5-4-13-8-19(23-3)15(11-21)7-16(13)17(20)9-18(14)22/h7-8,12,14,17-18,21-22H,4-6,9-11H2,1-3H3/t14-,17+,18-/m1/s1. The SMILES string of the molecule is COc1cc2c(cc1CO)[C@@H]1C[C@@H](O)[C@H](CC(C)C)CN1CC2. The van der Waals surface area contributed by atoms with Gasteiger partial charge in [0.25, 0.3) is 0 Å². The highest BCUT2D eigenvalue weighted by Gasteiger charge is 2.38. The highest BCUT2D eigenvalue weighted by Crippen LogP contribution is 2.41. The molecule has 0 aliphatic carbocycles. The summed E-state index contributed by atoms with van der Waals surface area (Å²) < 4.78 is 5.40. The van der Waals surface area contributed by atoms with Gasteiger partial charge in [-0.25, -0.2) is 0 Å². The minimum Gasteiger partial charge on any atom is -0.496 e. The van der Waals surface area contributed by atoms with Crippen LogP contribution in [0.25, 0.3) is 0 Å². The van der Waals surface area contributed by atoms with Gasteiger partial charge >= 0.3 is 0 Å². The molecule has 1 saturated heterocycles. The number of piperidine rings is 1. The molecule has 0 spiro atoms. The van der Waals surface area contributed by atoms with Gasteiger partial charge in [0.2, 0.25) is 0 Å². The van der Waals surface area contributed by atoms with Crippen LogP contribution >= 0.6 is 0 Å². The zero-order valence-corrected chi connectivity index (χ0v) is 14.5. The van der Waals surface area contributed by atoms with E-state index in [2.05, 4.69) is 30.9 Å². The van der Waals surface area contributed by atoms with E-state index in [0.717, 1.165) is 43.7 Å². The van der Waals surface area contributed by atoms with Crippen molar-refractivity contribution in [2.45, 2.75) is 51.9 Å². The van der Waals surface area contributed by atoms with Crippen LogP contribution in [0, 0.1) is 11.8 Å². The first-order chi connectivity index (χ1) is 11.0. The topological polar surface area (TPSA) is 52.9 Å². The second-order valence-corrected chi connectivity index (χ2v) is 7.47. The van der Waals surface area contributed by atoms with Crippen LogP contribution in [0.15, 0.2) is 12.1 Å². The maximum Gasteiger partial charge on any atom is 0.124 e. The number of hydrogen-bond acceptors (Lipinski definition) is 4. The van der Waals surface area contributed by atoms with Gasteiger partial charge < -0.3 is 14.9 Å². The Hall–Kier alpha value is -1.10. The van der Waals surface area contributed by atoms with Gasteiger partial charge in [-0.05, 0) is 54.4 Å². The number of hydrogen-bond donors (Lipinski definition) is 2. The Morgan fingerprint density at radius 2 is 2.13 bits per heavy atom. The third-order valence-corrected chi connectivity index (χ3v) is 5.43. The molecule has 0 saturated carbocycles. The summed E-state index contributed by atoms with van der Waals surface area (Å²) in [7, 11) is 1.65. The molecule has 1 fully saturated rings. The molecule has 2 aliphatic rings. The number of aliphatic hydroxyl groups is 2. The number of ether oxygens (including phenoxy) is 1. The Kier molecular flexibility index (Phi) is 4.95. The predicted molar refractivity (Wildman–Crippen MR) is 90.5 cm³/mol. The van der Waals surface area contributed by atoms with Crippen molar-refractivity contribution in [3.8, 4) is 5.75 Å². The zero-order valence-electron chi connectivity index (χ0n) is 14.5. The number of benzene rings is 1. The molecule has 0 radical (unpaired) electrons. The first-order valence-electron chi connectivity index (χ1n) is 8.76. The Bertz CT molecular complexity index is 558. The maximum absolute atomic E-state index is 10.6. The Balaban J connectivity index is 1.87. The van der Waals surface area contributed by atoms with E-state index in [1.54, 1.807) is 7.11 Å². The fraction of sp³-hybridized carbons (Fsp3) is 0.684. The zero-order chi connectivity index (χ0) is 16.6. The summed E-state index contributed by atoms with van der Waals surface area (Å²) in [5, 5.41) is 20.2. The van der Waals surface area contributed by atoms with Gasteiger partial charge in [-0.15, -0.1) is 0 Å². The second-order valence-electron chi connectivity index (χ2n) is 7.47. The summed E-state index contributed by atoms with van der Waals surface area (Å²) in [6.07, 6.45) is 2.66. The smallest absolute Gasteiger partial charge is 0.124 e. The van der Waals surface area contributed by atoms with E-state index in [9.17, 15) is 10.2 Å². The molecule has 4 heteroatoms. The molecular weight excluding hydrogens is 290 g/mol.